The molecule has 0 aliphatic carbocycles. The highest BCUT2D eigenvalue weighted by Gasteiger charge is 2.10. The van der Waals surface area contributed by atoms with Crippen LogP contribution in [0, 0.1) is 6.92 Å². The number of nitrogens with zero attached hydrogens (tertiary/aromatic N) is 1. The minimum Gasteiger partial charge on any atom is -0.392 e. The third-order valence-electron chi connectivity index (χ3n) is 3.91. The van der Waals surface area contributed by atoms with Gasteiger partial charge in [0, 0.05) is 11.6 Å². The molecule has 0 aliphatic heterocycles. The summed E-state index contributed by atoms with van der Waals surface area (Å²) in [5.74, 6) is 0. The standard InChI is InChI=1S/C19H19NO/c1-14-6-2-3-7-15(14)12-17(21)13-16-10-11-20-19-9-5-4-8-18(16)19/h2-11,17,21H,12-13H2,1H3. The molecule has 0 aliphatic rings. The predicted octanol–water partition coefficient (Wildman–Crippen LogP) is 3.69. The smallest absolute Gasteiger partial charge is 0.0704 e. The Morgan fingerprint density at radius 1 is 0.905 bits per heavy atom. The first-order valence-corrected chi connectivity index (χ1v) is 7.29. The molecule has 3 rings (SSSR count). The number of fused-ring (bicyclic) bond motifs is 1. The van der Waals surface area contributed by atoms with E-state index in [1.807, 2.05) is 42.6 Å². The van der Waals surface area contributed by atoms with Crippen molar-refractivity contribution < 1.29 is 5.11 Å². The fraction of sp³-hybridized carbons (Fsp3) is 0.211. The fourth-order valence-electron chi connectivity index (χ4n) is 2.75. The molecule has 3 aromatic rings. The number of hydrogen-bond acceptors (Lipinski definition) is 2. The molecule has 106 valence electrons. The molecule has 2 aromatic carbocycles. The Bertz CT molecular complexity index is 746. The molecule has 0 fully saturated rings. The number of aryl methyl sites for hydroxylation is 1. The van der Waals surface area contributed by atoms with E-state index in [-0.39, 0.29) is 6.10 Å². The van der Waals surface area contributed by atoms with Crippen LogP contribution in [0.1, 0.15) is 16.7 Å². The van der Waals surface area contributed by atoms with Crippen molar-refractivity contribution in [3.63, 3.8) is 0 Å². The zero-order valence-corrected chi connectivity index (χ0v) is 12.2. The molecule has 0 amide bonds. The van der Waals surface area contributed by atoms with Crippen LogP contribution in [0.5, 0.6) is 0 Å². The molecule has 0 spiro atoms. The Labute approximate surface area is 125 Å². The summed E-state index contributed by atoms with van der Waals surface area (Å²) in [7, 11) is 0. The number of aromatic nitrogens is 1. The van der Waals surface area contributed by atoms with E-state index in [1.54, 1.807) is 0 Å². The minimum atomic E-state index is -0.378. The van der Waals surface area contributed by atoms with Crippen LogP contribution in [0.15, 0.2) is 60.8 Å². The first kappa shape index (κ1) is 13.8. The number of aliphatic hydroxyl groups is 1. The van der Waals surface area contributed by atoms with Gasteiger partial charge >= 0.3 is 0 Å². The van der Waals surface area contributed by atoms with Gasteiger partial charge in [-0.2, -0.15) is 0 Å². The van der Waals surface area contributed by atoms with Gasteiger partial charge in [-0.05, 0) is 48.6 Å². The van der Waals surface area contributed by atoms with Gasteiger partial charge in [0.1, 0.15) is 0 Å². The quantitative estimate of drug-likeness (QED) is 0.789. The van der Waals surface area contributed by atoms with Gasteiger partial charge in [0.05, 0.1) is 11.6 Å². The molecule has 1 aromatic heterocycles. The molecular weight excluding hydrogens is 258 g/mol. The van der Waals surface area contributed by atoms with Crippen molar-refractivity contribution in [2.75, 3.05) is 0 Å². The Morgan fingerprint density at radius 3 is 2.48 bits per heavy atom. The van der Waals surface area contributed by atoms with Crippen molar-refractivity contribution in [1.29, 1.82) is 0 Å². The number of hydrogen-bond donors (Lipinski definition) is 1. The van der Waals surface area contributed by atoms with Crippen LogP contribution in [-0.4, -0.2) is 16.2 Å². The van der Waals surface area contributed by atoms with E-state index in [4.69, 9.17) is 0 Å². The highest BCUT2D eigenvalue weighted by Crippen LogP contribution is 2.19. The third-order valence-corrected chi connectivity index (χ3v) is 3.91. The normalized spacial score (nSPS) is 12.5. The maximum absolute atomic E-state index is 10.4. The molecular formula is C19H19NO. The monoisotopic (exact) mass is 277 g/mol. The maximum Gasteiger partial charge on any atom is 0.0704 e. The van der Waals surface area contributed by atoms with E-state index in [0.717, 1.165) is 16.5 Å². The summed E-state index contributed by atoms with van der Waals surface area (Å²) < 4.78 is 0. The van der Waals surface area contributed by atoms with Gasteiger partial charge in [-0.15, -0.1) is 0 Å². The SMILES string of the molecule is Cc1ccccc1CC(O)Cc1ccnc2ccccc12. The zero-order chi connectivity index (χ0) is 14.7. The van der Waals surface area contributed by atoms with Crippen LogP contribution in [0.25, 0.3) is 10.9 Å². The van der Waals surface area contributed by atoms with Gasteiger partial charge in [-0.1, -0.05) is 42.5 Å². The van der Waals surface area contributed by atoms with Crippen LogP contribution >= 0.6 is 0 Å². The van der Waals surface area contributed by atoms with Crippen LogP contribution in [0.2, 0.25) is 0 Å². The molecule has 1 heterocycles. The summed E-state index contributed by atoms with van der Waals surface area (Å²) in [6.45, 7) is 2.09. The first-order chi connectivity index (χ1) is 10.2. The molecule has 1 unspecified atom stereocenters. The second-order valence-corrected chi connectivity index (χ2v) is 5.48. The first-order valence-electron chi connectivity index (χ1n) is 7.29. The highest BCUT2D eigenvalue weighted by molar-refractivity contribution is 5.81. The molecule has 0 saturated carbocycles. The maximum atomic E-state index is 10.4. The molecule has 0 saturated heterocycles. The van der Waals surface area contributed by atoms with Crippen LogP contribution in [0.4, 0.5) is 0 Å². The molecule has 0 radical (unpaired) electrons. The van der Waals surface area contributed by atoms with Crippen LogP contribution in [-0.2, 0) is 12.8 Å². The van der Waals surface area contributed by atoms with Crippen molar-refractivity contribution in [2.24, 2.45) is 0 Å². The molecule has 2 heteroatoms. The Morgan fingerprint density at radius 2 is 1.62 bits per heavy atom. The van der Waals surface area contributed by atoms with Crippen LogP contribution < -0.4 is 0 Å². The molecule has 1 atom stereocenters. The second kappa shape index (κ2) is 6.06. The average molecular weight is 277 g/mol. The predicted molar refractivity (Wildman–Crippen MR) is 86.3 cm³/mol. The van der Waals surface area contributed by atoms with Gasteiger partial charge < -0.3 is 5.11 Å². The molecule has 1 N–H and O–H groups in total. The van der Waals surface area contributed by atoms with E-state index in [9.17, 15) is 5.11 Å². The lowest BCUT2D eigenvalue weighted by Crippen LogP contribution is -2.15. The average Bonchev–Trinajstić information content (AvgIpc) is 2.50. The summed E-state index contributed by atoms with van der Waals surface area (Å²) >= 11 is 0. The number of benzene rings is 2. The Hall–Kier alpha value is -2.19. The van der Waals surface area contributed by atoms with Gasteiger partial charge in [0.15, 0.2) is 0 Å². The lowest BCUT2D eigenvalue weighted by molar-refractivity contribution is 0.175. The summed E-state index contributed by atoms with van der Waals surface area (Å²) in [5, 5.41) is 11.5. The highest BCUT2D eigenvalue weighted by atomic mass is 16.3. The van der Waals surface area contributed by atoms with E-state index in [2.05, 4.69) is 30.1 Å². The third kappa shape index (κ3) is 3.11. The largest absolute Gasteiger partial charge is 0.392 e. The van der Waals surface area contributed by atoms with Gasteiger partial charge in [0.25, 0.3) is 0 Å². The van der Waals surface area contributed by atoms with Gasteiger partial charge in [0.2, 0.25) is 0 Å². The fourth-order valence-corrected chi connectivity index (χ4v) is 2.75. The lowest BCUT2D eigenvalue weighted by Gasteiger charge is -2.14. The number of pyridine rings is 1. The van der Waals surface area contributed by atoms with E-state index < -0.39 is 0 Å². The van der Waals surface area contributed by atoms with Crippen molar-refractivity contribution in [3.8, 4) is 0 Å². The van der Waals surface area contributed by atoms with Gasteiger partial charge in [-0.25, -0.2) is 0 Å². The summed E-state index contributed by atoms with van der Waals surface area (Å²) in [6, 6.07) is 18.3. The Balaban J connectivity index is 1.81. The van der Waals surface area contributed by atoms with Crippen LogP contribution in [0.3, 0.4) is 0 Å². The lowest BCUT2D eigenvalue weighted by atomic mass is 9.97. The van der Waals surface area contributed by atoms with E-state index in [0.29, 0.717) is 12.8 Å². The number of para-hydroxylation sites is 1. The molecule has 0 bridgehead atoms. The minimum absolute atomic E-state index is 0.378. The second-order valence-electron chi connectivity index (χ2n) is 5.48. The zero-order valence-electron chi connectivity index (χ0n) is 12.2. The van der Waals surface area contributed by atoms with E-state index >= 15 is 0 Å². The molecule has 2 nitrogen and oxygen atoms in total. The van der Waals surface area contributed by atoms with Crippen molar-refractivity contribution >= 4 is 10.9 Å². The topological polar surface area (TPSA) is 33.1 Å². The molecule has 21 heavy (non-hydrogen) atoms. The van der Waals surface area contributed by atoms with E-state index in [1.165, 1.54) is 11.1 Å². The number of aliphatic hydroxyl groups excluding tert-OH is 1. The number of rotatable bonds is 4. The van der Waals surface area contributed by atoms with Crippen molar-refractivity contribution in [1.82, 2.24) is 4.98 Å². The Kier molecular flexibility index (Phi) is 3.98. The summed E-state index contributed by atoms with van der Waals surface area (Å²) in [5.41, 5.74) is 4.58. The summed E-state index contributed by atoms with van der Waals surface area (Å²) in [6.07, 6.45) is 2.77. The summed E-state index contributed by atoms with van der Waals surface area (Å²) in [4.78, 5) is 4.37. The van der Waals surface area contributed by atoms with Crippen molar-refractivity contribution in [3.05, 3.63) is 77.5 Å². The van der Waals surface area contributed by atoms with Gasteiger partial charge in [-0.3, -0.25) is 4.98 Å². The van der Waals surface area contributed by atoms with Crippen molar-refractivity contribution in [2.45, 2.75) is 25.9 Å².